The van der Waals surface area contributed by atoms with Gasteiger partial charge in [0.25, 0.3) is 0 Å². The number of benzene rings is 2. The molecular weight excluding hydrogens is 572 g/mol. The van der Waals surface area contributed by atoms with Gasteiger partial charge in [-0.15, -0.1) is 0 Å². The molecule has 0 amide bonds. The van der Waals surface area contributed by atoms with Gasteiger partial charge in [0.1, 0.15) is 0 Å². The predicted molar refractivity (Wildman–Crippen MR) is 146 cm³/mol. The molecule has 2 nitrogen and oxygen atoms in total. The Morgan fingerprint density at radius 2 is 0.889 bits per heavy atom. The molecule has 0 N–H and O–H groups in total. The second kappa shape index (κ2) is 15.7. The Morgan fingerprint density at radius 3 is 1.22 bits per heavy atom. The Bertz CT molecular complexity index is 754. The van der Waals surface area contributed by atoms with Gasteiger partial charge in [-0.25, -0.2) is 0 Å². The Labute approximate surface area is 243 Å². The summed E-state index contributed by atoms with van der Waals surface area (Å²) >= 11 is 0. The van der Waals surface area contributed by atoms with Crippen LogP contribution in [-0.2, 0) is 12.8 Å². The highest BCUT2D eigenvalue weighted by atomic mass is 79.9. The lowest BCUT2D eigenvalue weighted by Crippen LogP contribution is -3.00. The first-order valence-corrected chi connectivity index (χ1v) is 14.3. The van der Waals surface area contributed by atoms with Crippen LogP contribution in [0, 0.1) is 11.8 Å². The molecular formula is C32H50Br2N2. The number of likely N-dealkylation sites (tertiary alicyclic amines) is 2. The van der Waals surface area contributed by atoms with E-state index in [1.165, 1.54) is 124 Å². The van der Waals surface area contributed by atoms with E-state index in [-0.39, 0.29) is 34.0 Å². The number of aryl methyl sites for hydroxylation is 2. The molecule has 0 radical (unpaired) electrons. The lowest BCUT2D eigenvalue weighted by Gasteiger charge is -2.42. The maximum Gasteiger partial charge on any atom is 0.0787 e. The van der Waals surface area contributed by atoms with E-state index < -0.39 is 0 Å². The van der Waals surface area contributed by atoms with Gasteiger partial charge in [0, 0.05) is 12.8 Å². The molecule has 4 heteroatoms. The number of rotatable bonds is 11. The minimum Gasteiger partial charge on any atom is -1.00 e. The van der Waals surface area contributed by atoms with Gasteiger partial charge in [0.05, 0.1) is 53.4 Å². The zero-order valence-corrected chi connectivity index (χ0v) is 26.1. The minimum absolute atomic E-state index is 0. The summed E-state index contributed by atoms with van der Waals surface area (Å²) in [4.78, 5) is 0. The highest BCUT2D eigenvalue weighted by Crippen LogP contribution is 2.31. The number of hydrogen-bond donors (Lipinski definition) is 0. The van der Waals surface area contributed by atoms with E-state index in [1.807, 2.05) is 0 Å². The van der Waals surface area contributed by atoms with Crippen molar-refractivity contribution in [2.45, 2.75) is 64.2 Å². The molecule has 0 aromatic heterocycles. The Morgan fingerprint density at radius 1 is 0.556 bits per heavy atom. The molecule has 0 bridgehead atoms. The zero-order valence-electron chi connectivity index (χ0n) is 22.9. The van der Waals surface area contributed by atoms with Crippen molar-refractivity contribution in [3.63, 3.8) is 0 Å². The smallest absolute Gasteiger partial charge is 0.0787 e. The topological polar surface area (TPSA) is 0 Å². The second-order valence-electron chi connectivity index (χ2n) is 12.2. The highest BCUT2D eigenvalue weighted by Gasteiger charge is 2.32. The van der Waals surface area contributed by atoms with E-state index in [9.17, 15) is 0 Å². The van der Waals surface area contributed by atoms with E-state index >= 15 is 0 Å². The zero-order chi connectivity index (χ0) is 23.7. The van der Waals surface area contributed by atoms with Crippen LogP contribution < -0.4 is 34.0 Å². The van der Waals surface area contributed by atoms with Crippen LogP contribution in [0.15, 0.2) is 60.7 Å². The first-order chi connectivity index (χ1) is 16.5. The summed E-state index contributed by atoms with van der Waals surface area (Å²) in [5.41, 5.74) is 3.00. The molecule has 2 aliphatic heterocycles. The normalized spacial score (nSPS) is 28.1. The average Bonchev–Trinajstić information content (AvgIpc) is 2.86. The SMILES string of the molecule is C[N+]1(CCCc2ccccc2)CCC(CCC2CC[N+](C)(CCCc3ccccc3)CC2)CC1.[Br-].[Br-]. The summed E-state index contributed by atoms with van der Waals surface area (Å²) in [7, 11) is 5.03. The third-order valence-corrected chi connectivity index (χ3v) is 9.30. The summed E-state index contributed by atoms with van der Waals surface area (Å²) in [5.74, 6) is 1.99. The number of nitrogens with zero attached hydrogens (tertiary/aromatic N) is 2. The summed E-state index contributed by atoms with van der Waals surface area (Å²) < 4.78 is 2.62. The van der Waals surface area contributed by atoms with Gasteiger partial charge >= 0.3 is 0 Å². The minimum atomic E-state index is 0. The molecule has 4 rings (SSSR count). The standard InChI is InChI=1S/C32H50N2.2BrH/c1-33(23-9-15-29-11-5-3-6-12-29)25-19-31(20-26-33)17-18-32-21-27-34(2,28-22-32)24-10-16-30-13-7-4-8-14-30;;/h3-8,11-14,31-32H,9-10,15-28H2,1-2H3;2*1H/q+2;;/p-2. The molecule has 2 fully saturated rings. The second-order valence-corrected chi connectivity index (χ2v) is 12.2. The molecule has 0 atom stereocenters. The van der Waals surface area contributed by atoms with Crippen molar-refractivity contribution in [3.05, 3.63) is 71.8 Å². The van der Waals surface area contributed by atoms with Crippen LogP contribution in [0.2, 0.25) is 0 Å². The molecule has 0 saturated carbocycles. The van der Waals surface area contributed by atoms with Crippen LogP contribution in [0.25, 0.3) is 0 Å². The average molecular weight is 623 g/mol. The fraction of sp³-hybridized carbons (Fsp3) is 0.625. The molecule has 0 spiro atoms. The predicted octanol–water partition coefficient (Wildman–Crippen LogP) is 0.753. The molecule has 202 valence electrons. The fourth-order valence-corrected chi connectivity index (χ4v) is 6.60. The molecule has 0 unspecified atom stereocenters. The number of quaternary nitrogens is 2. The number of halogens is 2. The van der Waals surface area contributed by atoms with Crippen molar-refractivity contribution in [2.75, 3.05) is 53.4 Å². The van der Waals surface area contributed by atoms with Crippen molar-refractivity contribution in [3.8, 4) is 0 Å². The Balaban J connectivity index is 0.00000228. The largest absolute Gasteiger partial charge is 1.00 e. The van der Waals surface area contributed by atoms with Crippen LogP contribution in [0.3, 0.4) is 0 Å². The maximum absolute atomic E-state index is 2.51. The summed E-state index contributed by atoms with van der Waals surface area (Å²) in [6.07, 6.45) is 14.0. The van der Waals surface area contributed by atoms with E-state index in [0.29, 0.717) is 0 Å². The van der Waals surface area contributed by atoms with Crippen LogP contribution in [0.1, 0.15) is 62.5 Å². The Kier molecular flexibility index (Phi) is 13.7. The van der Waals surface area contributed by atoms with Crippen LogP contribution in [0.4, 0.5) is 0 Å². The quantitative estimate of drug-likeness (QED) is 0.325. The van der Waals surface area contributed by atoms with Crippen LogP contribution >= 0.6 is 0 Å². The van der Waals surface area contributed by atoms with E-state index in [0.717, 1.165) is 11.8 Å². The molecule has 2 saturated heterocycles. The third-order valence-electron chi connectivity index (χ3n) is 9.30. The highest BCUT2D eigenvalue weighted by molar-refractivity contribution is 5.15. The molecule has 0 aliphatic carbocycles. The molecule has 2 aromatic rings. The first kappa shape index (κ1) is 31.5. The summed E-state index contributed by atoms with van der Waals surface area (Å²) in [5, 5.41) is 0. The monoisotopic (exact) mass is 620 g/mol. The van der Waals surface area contributed by atoms with Gasteiger partial charge in [0.15, 0.2) is 0 Å². The number of hydrogen-bond acceptors (Lipinski definition) is 0. The van der Waals surface area contributed by atoms with E-state index in [2.05, 4.69) is 74.8 Å². The summed E-state index contributed by atoms with van der Waals surface area (Å²) in [6.45, 7) is 8.32. The molecule has 36 heavy (non-hydrogen) atoms. The molecule has 2 aliphatic rings. The van der Waals surface area contributed by atoms with Gasteiger partial charge in [-0.2, -0.15) is 0 Å². The van der Waals surface area contributed by atoms with Crippen molar-refractivity contribution in [2.24, 2.45) is 11.8 Å². The van der Waals surface area contributed by atoms with E-state index in [4.69, 9.17) is 0 Å². The fourth-order valence-electron chi connectivity index (χ4n) is 6.60. The van der Waals surface area contributed by atoms with Crippen molar-refractivity contribution in [1.82, 2.24) is 0 Å². The first-order valence-electron chi connectivity index (χ1n) is 14.3. The summed E-state index contributed by atoms with van der Waals surface area (Å²) in [6, 6.07) is 22.1. The Hall–Kier alpha value is -0.680. The lowest BCUT2D eigenvalue weighted by molar-refractivity contribution is -0.915. The van der Waals surface area contributed by atoms with Gasteiger partial charge in [-0.1, -0.05) is 60.7 Å². The molecule has 2 aromatic carbocycles. The van der Waals surface area contributed by atoms with Crippen LogP contribution in [-0.4, -0.2) is 62.3 Å². The van der Waals surface area contributed by atoms with Crippen LogP contribution in [0.5, 0.6) is 0 Å². The number of piperidine rings is 2. The van der Waals surface area contributed by atoms with Gasteiger partial charge < -0.3 is 42.9 Å². The lowest BCUT2D eigenvalue weighted by atomic mass is 9.84. The molecule has 2 heterocycles. The van der Waals surface area contributed by atoms with Crippen molar-refractivity contribution < 1.29 is 42.9 Å². The van der Waals surface area contributed by atoms with Gasteiger partial charge in [-0.05, 0) is 74.3 Å². The van der Waals surface area contributed by atoms with Gasteiger partial charge in [-0.3, -0.25) is 0 Å². The maximum atomic E-state index is 2.51. The van der Waals surface area contributed by atoms with Crippen molar-refractivity contribution >= 4 is 0 Å². The van der Waals surface area contributed by atoms with Gasteiger partial charge in [0.2, 0.25) is 0 Å². The third kappa shape index (κ3) is 10.2. The van der Waals surface area contributed by atoms with Crippen molar-refractivity contribution in [1.29, 1.82) is 0 Å². The van der Waals surface area contributed by atoms with E-state index in [1.54, 1.807) is 0 Å².